The third-order valence-corrected chi connectivity index (χ3v) is 14.3. The van der Waals surface area contributed by atoms with Crippen molar-refractivity contribution in [2.45, 2.75) is 84.7 Å². The van der Waals surface area contributed by atoms with E-state index in [1.807, 2.05) is 12.3 Å². The highest BCUT2D eigenvalue weighted by atomic mass is 16.5. The second kappa shape index (κ2) is 16.7. The van der Waals surface area contributed by atoms with Gasteiger partial charge in [0.05, 0.1) is 27.6 Å². The molecular weight excluding hydrogens is 779 g/mol. The number of para-hydroxylation sites is 3. The molecule has 0 saturated carbocycles. The summed E-state index contributed by atoms with van der Waals surface area (Å²) in [5, 5.41) is 3.62. The molecule has 1 atom stereocenters. The van der Waals surface area contributed by atoms with Crippen LogP contribution >= 0.6 is 0 Å². The molecule has 4 nitrogen and oxygen atoms in total. The van der Waals surface area contributed by atoms with Gasteiger partial charge in [0.15, 0.2) is 0 Å². The average molecular weight is 836 g/mol. The summed E-state index contributed by atoms with van der Waals surface area (Å²) in [6.45, 7) is 13.8. The number of nitrogens with zero attached hydrogens (tertiary/aromatic N) is 3. The third kappa shape index (κ3) is 7.06. The number of rotatable bonds is 13. The van der Waals surface area contributed by atoms with Crippen molar-refractivity contribution >= 4 is 43.7 Å². The van der Waals surface area contributed by atoms with E-state index in [2.05, 4.69) is 214 Å². The summed E-state index contributed by atoms with van der Waals surface area (Å²) in [6.07, 6.45) is 7.01. The number of benzene rings is 7. The molecule has 7 aromatic carbocycles. The number of fused-ring (bicyclic) bond motifs is 6. The van der Waals surface area contributed by atoms with Gasteiger partial charge in [-0.25, -0.2) is 0 Å². The van der Waals surface area contributed by atoms with Crippen molar-refractivity contribution in [1.29, 1.82) is 0 Å². The van der Waals surface area contributed by atoms with Crippen LogP contribution in [-0.2, 0) is 5.41 Å². The summed E-state index contributed by atoms with van der Waals surface area (Å²) in [4.78, 5) is 4.89. The first-order valence-electron chi connectivity index (χ1n) is 23.3. The second-order valence-corrected chi connectivity index (χ2v) is 18.1. The molecule has 0 amide bonds. The van der Waals surface area contributed by atoms with Crippen LogP contribution in [0.2, 0.25) is 0 Å². The van der Waals surface area contributed by atoms with Crippen molar-refractivity contribution in [1.82, 2.24) is 14.1 Å². The van der Waals surface area contributed by atoms with E-state index in [-0.39, 0.29) is 11.0 Å². The molecule has 0 spiro atoms. The van der Waals surface area contributed by atoms with Crippen LogP contribution in [-0.4, -0.2) is 19.7 Å². The molecule has 1 unspecified atom stereocenters. The highest BCUT2D eigenvalue weighted by Gasteiger charge is 2.30. The maximum absolute atomic E-state index is 7.29. The molecule has 0 N–H and O–H groups in total. The molecule has 0 aliphatic heterocycles. The Bertz CT molecular complexity index is 3060. The molecular formula is C60H57N3O. The lowest BCUT2D eigenvalue weighted by Crippen LogP contribution is -2.31. The molecule has 3 aromatic heterocycles. The summed E-state index contributed by atoms with van der Waals surface area (Å²) < 4.78 is 12.1. The molecule has 0 saturated heterocycles. The van der Waals surface area contributed by atoms with Gasteiger partial charge in [0.25, 0.3) is 0 Å². The standard InChI is InChI=1S/C60H57N3O/c1-7-34-59(5,8-2)45-38-51(42-21-12-11-13-22-42)58(64-60(6,9-3)10-4)52(39-45)43-32-30-41(31-33-43)44-36-46(62-53-26-17-14-23-48(53)49-24-15-18-27-54(49)62)40-47(37-44)63-55-28-19-16-25-50(55)57-56(63)29-20-35-61-57/h11-33,35-40H,7-10,34H2,1-6H3. The summed E-state index contributed by atoms with van der Waals surface area (Å²) in [5.74, 6) is 0.958. The van der Waals surface area contributed by atoms with Gasteiger partial charge in [-0.05, 0) is 127 Å². The first-order chi connectivity index (χ1) is 31.3. The van der Waals surface area contributed by atoms with E-state index < -0.39 is 0 Å². The normalized spacial score (nSPS) is 13.0. The minimum atomic E-state index is -0.316. The topological polar surface area (TPSA) is 32.0 Å². The Morgan fingerprint density at radius 1 is 0.469 bits per heavy atom. The molecule has 0 aliphatic rings. The van der Waals surface area contributed by atoms with E-state index in [4.69, 9.17) is 9.72 Å². The first-order valence-corrected chi connectivity index (χ1v) is 23.3. The number of ether oxygens (including phenoxy) is 1. The van der Waals surface area contributed by atoms with Crippen LogP contribution < -0.4 is 4.74 Å². The van der Waals surface area contributed by atoms with E-state index in [0.29, 0.717) is 0 Å². The van der Waals surface area contributed by atoms with Crippen LogP contribution in [0.25, 0.3) is 88.5 Å². The number of hydrogen-bond donors (Lipinski definition) is 0. The molecule has 0 bridgehead atoms. The highest BCUT2D eigenvalue weighted by Crippen LogP contribution is 2.47. The summed E-state index contributed by atoms with van der Waals surface area (Å²) in [7, 11) is 0. The number of pyridine rings is 1. The van der Waals surface area contributed by atoms with Crippen LogP contribution in [0.15, 0.2) is 176 Å². The largest absolute Gasteiger partial charge is 0.486 e. The Morgan fingerprint density at radius 3 is 1.55 bits per heavy atom. The van der Waals surface area contributed by atoms with Gasteiger partial charge in [0.2, 0.25) is 0 Å². The lowest BCUT2D eigenvalue weighted by atomic mass is 9.74. The predicted molar refractivity (Wildman–Crippen MR) is 271 cm³/mol. The maximum Gasteiger partial charge on any atom is 0.135 e. The van der Waals surface area contributed by atoms with E-state index >= 15 is 0 Å². The van der Waals surface area contributed by atoms with Crippen molar-refractivity contribution in [3.8, 4) is 50.5 Å². The maximum atomic E-state index is 7.29. The Hall–Kier alpha value is -6.91. The Balaban J connectivity index is 1.20. The minimum absolute atomic E-state index is 0.0241. The predicted octanol–water partition coefficient (Wildman–Crippen LogP) is 16.7. The van der Waals surface area contributed by atoms with Crippen LogP contribution in [0.5, 0.6) is 5.75 Å². The fraction of sp³-hybridized carbons (Fsp3) is 0.217. The zero-order chi connectivity index (χ0) is 44.0. The molecule has 0 radical (unpaired) electrons. The Morgan fingerprint density at radius 2 is 0.969 bits per heavy atom. The smallest absolute Gasteiger partial charge is 0.135 e. The Labute approximate surface area is 377 Å². The molecule has 4 heteroatoms. The molecule has 0 fully saturated rings. The number of aromatic nitrogens is 3. The summed E-state index contributed by atoms with van der Waals surface area (Å²) in [6, 6.07) is 62.4. The van der Waals surface area contributed by atoms with Crippen molar-refractivity contribution in [3.05, 3.63) is 182 Å². The van der Waals surface area contributed by atoms with Gasteiger partial charge in [-0.1, -0.05) is 150 Å². The quantitative estimate of drug-likeness (QED) is 0.116. The van der Waals surface area contributed by atoms with Crippen molar-refractivity contribution in [3.63, 3.8) is 0 Å². The van der Waals surface area contributed by atoms with Gasteiger partial charge < -0.3 is 13.9 Å². The molecule has 318 valence electrons. The number of hydrogen-bond acceptors (Lipinski definition) is 2. The SMILES string of the molecule is CCCC(C)(CC)c1cc(-c2ccccc2)c(OC(C)(CC)CC)c(-c2ccc(-c3cc(-n4c5ccccc5c5ccccc54)cc(-n4c5ccccc5c5ncccc54)c3)cc2)c1. The molecule has 10 rings (SSSR count). The van der Waals surface area contributed by atoms with Gasteiger partial charge in [0, 0.05) is 44.9 Å². The second-order valence-electron chi connectivity index (χ2n) is 18.1. The fourth-order valence-corrected chi connectivity index (χ4v) is 9.98. The van der Waals surface area contributed by atoms with E-state index in [1.54, 1.807) is 0 Å². The zero-order valence-electron chi connectivity index (χ0n) is 38.0. The molecule has 64 heavy (non-hydrogen) atoms. The fourth-order valence-electron chi connectivity index (χ4n) is 9.98. The first kappa shape index (κ1) is 41.1. The van der Waals surface area contributed by atoms with Crippen LogP contribution in [0.4, 0.5) is 0 Å². The van der Waals surface area contributed by atoms with Crippen LogP contribution in [0, 0.1) is 0 Å². The summed E-state index contributed by atoms with van der Waals surface area (Å²) in [5.41, 5.74) is 15.7. The van der Waals surface area contributed by atoms with Crippen LogP contribution in [0.1, 0.15) is 79.2 Å². The van der Waals surface area contributed by atoms with Crippen molar-refractivity contribution in [2.75, 3.05) is 0 Å². The Kier molecular flexibility index (Phi) is 10.7. The molecule has 10 aromatic rings. The molecule has 3 heterocycles. The zero-order valence-corrected chi connectivity index (χ0v) is 38.0. The minimum Gasteiger partial charge on any atom is -0.486 e. The van der Waals surface area contributed by atoms with E-state index in [1.165, 1.54) is 32.9 Å². The summed E-state index contributed by atoms with van der Waals surface area (Å²) >= 11 is 0. The average Bonchev–Trinajstić information content (AvgIpc) is 3.87. The highest BCUT2D eigenvalue weighted by molar-refractivity contribution is 6.10. The van der Waals surface area contributed by atoms with Gasteiger partial charge in [-0.15, -0.1) is 0 Å². The lowest BCUT2D eigenvalue weighted by Gasteiger charge is -2.34. The monoisotopic (exact) mass is 835 g/mol. The van der Waals surface area contributed by atoms with Crippen molar-refractivity contribution < 1.29 is 4.74 Å². The van der Waals surface area contributed by atoms with E-state index in [0.717, 1.165) is 99.0 Å². The van der Waals surface area contributed by atoms with E-state index in [9.17, 15) is 0 Å². The van der Waals surface area contributed by atoms with Gasteiger partial charge in [0.1, 0.15) is 11.4 Å². The van der Waals surface area contributed by atoms with Crippen molar-refractivity contribution in [2.24, 2.45) is 0 Å². The third-order valence-electron chi connectivity index (χ3n) is 14.3. The van der Waals surface area contributed by atoms with Gasteiger partial charge >= 0.3 is 0 Å². The van der Waals surface area contributed by atoms with Crippen LogP contribution in [0.3, 0.4) is 0 Å². The molecule has 0 aliphatic carbocycles. The van der Waals surface area contributed by atoms with Gasteiger partial charge in [-0.3, -0.25) is 4.98 Å². The lowest BCUT2D eigenvalue weighted by molar-refractivity contribution is 0.0816. The van der Waals surface area contributed by atoms with Gasteiger partial charge in [-0.2, -0.15) is 0 Å².